The van der Waals surface area contributed by atoms with Gasteiger partial charge in [0.1, 0.15) is 6.10 Å². The van der Waals surface area contributed by atoms with Gasteiger partial charge in [-0.15, -0.1) is 11.3 Å². The molecule has 108 valence electrons. The lowest BCUT2D eigenvalue weighted by Crippen LogP contribution is -2.32. The molecular formula is C16H27NOS. The molecule has 0 radical (unpaired) electrons. The molecule has 0 bridgehead atoms. The highest BCUT2D eigenvalue weighted by Crippen LogP contribution is 2.32. The minimum Gasteiger partial charge on any atom is -0.368 e. The van der Waals surface area contributed by atoms with E-state index in [0.717, 1.165) is 6.42 Å². The number of thiophene rings is 1. The molecule has 2 unspecified atom stereocenters. The molecule has 1 heterocycles. The maximum Gasteiger partial charge on any atom is 0.107 e. The van der Waals surface area contributed by atoms with E-state index in [1.54, 1.807) is 0 Å². The molecule has 0 saturated heterocycles. The predicted octanol–water partition coefficient (Wildman–Crippen LogP) is 4.57. The average molecular weight is 281 g/mol. The van der Waals surface area contributed by atoms with Crippen LogP contribution in [0, 0.1) is 6.92 Å². The normalized spacial score (nSPS) is 21.0. The van der Waals surface area contributed by atoms with Crippen molar-refractivity contribution in [3.8, 4) is 0 Å². The smallest absolute Gasteiger partial charge is 0.107 e. The SMILES string of the molecule is CCC(N)C(OC1CCCCCC1)c1ccc(C)s1. The average Bonchev–Trinajstić information content (AvgIpc) is 2.68. The summed E-state index contributed by atoms with van der Waals surface area (Å²) in [5.41, 5.74) is 6.30. The van der Waals surface area contributed by atoms with E-state index in [4.69, 9.17) is 10.5 Å². The number of hydrogen-bond donors (Lipinski definition) is 1. The molecule has 0 spiro atoms. The van der Waals surface area contributed by atoms with Gasteiger partial charge in [0.25, 0.3) is 0 Å². The number of aryl methyl sites for hydroxylation is 1. The second kappa shape index (κ2) is 7.41. The Morgan fingerprint density at radius 3 is 2.47 bits per heavy atom. The highest BCUT2D eigenvalue weighted by atomic mass is 32.1. The first-order valence-electron chi connectivity index (χ1n) is 7.68. The molecule has 2 N–H and O–H groups in total. The Balaban J connectivity index is 2.04. The Labute approximate surface area is 121 Å². The van der Waals surface area contributed by atoms with Gasteiger partial charge in [-0.05, 0) is 38.3 Å². The van der Waals surface area contributed by atoms with Crippen molar-refractivity contribution in [2.24, 2.45) is 5.73 Å². The van der Waals surface area contributed by atoms with Gasteiger partial charge < -0.3 is 10.5 Å². The topological polar surface area (TPSA) is 35.2 Å². The predicted molar refractivity (Wildman–Crippen MR) is 82.6 cm³/mol. The van der Waals surface area contributed by atoms with Crippen LogP contribution in [-0.4, -0.2) is 12.1 Å². The van der Waals surface area contributed by atoms with E-state index in [-0.39, 0.29) is 12.1 Å². The highest BCUT2D eigenvalue weighted by Gasteiger charge is 2.25. The van der Waals surface area contributed by atoms with E-state index in [2.05, 4.69) is 26.0 Å². The van der Waals surface area contributed by atoms with Crippen molar-refractivity contribution in [3.05, 3.63) is 21.9 Å². The minimum absolute atomic E-state index is 0.0896. The van der Waals surface area contributed by atoms with Gasteiger partial charge in [0, 0.05) is 15.8 Å². The van der Waals surface area contributed by atoms with Gasteiger partial charge in [0.15, 0.2) is 0 Å². The molecular weight excluding hydrogens is 254 g/mol. The standard InChI is InChI=1S/C16H27NOS/c1-3-14(17)16(15-11-10-12(2)19-15)18-13-8-6-4-5-7-9-13/h10-11,13-14,16H,3-9,17H2,1-2H3. The van der Waals surface area contributed by atoms with Gasteiger partial charge in [-0.3, -0.25) is 0 Å². The van der Waals surface area contributed by atoms with Crippen molar-refractivity contribution in [3.63, 3.8) is 0 Å². The minimum atomic E-state index is 0.0896. The zero-order valence-electron chi connectivity index (χ0n) is 12.2. The van der Waals surface area contributed by atoms with Gasteiger partial charge >= 0.3 is 0 Å². The van der Waals surface area contributed by atoms with Crippen LogP contribution >= 0.6 is 11.3 Å². The molecule has 3 heteroatoms. The third-order valence-corrected chi connectivity index (χ3v) is 5.11. The lowest BCUT2D eigenvalue weighted by atomic mass is 10.1. The molecule has 0 aliphatic heterocycles. The third kappa shape index (κ3) is 4.30. The lowest BCUT2D eigenvalue weighted by Gasteiger charge is -2.27. The van der Waals surface area contributed by atoms with E-state index in [0.29, 0.717) is 6.10 Å². The van der Waals surface area contributed by atoms with Crippen molar-refractivity contribution in [1.82, 2.24) is 0 Å². The molecule has 0 amide bonds. The van der Waals surface area contributed by atoms with Crippen molar-refractivity contribution in [2.45, 2.75) is 77.0 Å². The number of ether oxygens (including phenoxy) is 1. The largest absolute Gasteiger partial charge is 0.368 e. The molecule has 0 aromatic carbocycles. The maximum absolute atomic E-state index is 6.41. The summed E-state index contributed by atoms with van der Waals surface area (Å²) in [6, 6.07) is 4.48. The molecule has 1 fully saturated rings. The molecule has 1 aliphatic rings. The Morgan fingerprint density at radius 1 is 1.26 bits per heavy atom. The fraction of sp³-hybridized carbons (Fsp3) is 0.750. The molecule has 1 aromatic heterocycles. The van der Waals surface area contributed by atoms with Crippen LogP contribution in [0.1, 0.15) is 67.7 Å². The van der Waals surface area contributed by atoms with E-state index < -0.39 is 0 Å². The molecule has 1 saturated carbocycles. The summed E-state index contributed by atoms with van der Waals surface area (Å²) in [7, 11) is 0. The van der Waals surface area contributed by atoms with Crippen LogP contribution < -0.4 is 5.73 Å². The van der Waals surface area contributed by atoms with Gasteiger partial charge in [0.05, 0.1) is 6.10 Å². The fourth-order valence-electron chi connectivity index (χ4n) is 2.78. The van der Waals surface area contributed by atoms with E-state index in [1.807, 2.05) is 11.3 Å². The Bertz CT molecular complexity index is 369. The number of nitrogens with two attached hydrogens (primary N) is 1. The van der Waals surface area contributed by atoms with Gasteiger partial charge in [-0.2, -0.15) is 0 Å². The third-order valence-electron chi connectivity index (χ3n) is 4.04. The highest BCUT2D eigenvalue weighted by molar-refractivity contribution is 7.12. The van der Waals surface area contributed by atoms with Crippen LogP contribution in [0.25, 0.3) is 0 Å². The second-order valence-corrected chi connectivity index (χ2v) is 7.01. The van der Waals surface area contributed by atoms with Crippen molar-refractivity contribution >= 4 is 11.3 Å². The van der Waals surface area contributed by atoms with Crippen LogP contribution in [0.15, 0.2) is 12.1 Å². The zero-order valence-corrected chi connectivity index (χ0v) is 13.0. The van der Waals surface area contributed by atoms with Crippen LogP contribution in [0.5, 0.6) is 0 Å². The number of rotatable bonds is 5. The van der Waals surface area contributed by atoms with Crippen molar-refractivity contribution < 1.29 is 4.74 Å². The molecule has 1 aliphatic carbocycles. The van der Waals surface area contributed by atoms with Gasteiger partial charge in [-0.1, -0.05) is 32.6 Å². The number of hydrogen-bond acceptors (Lipinski definition) is 3. The Kier molecular flexibility index (Phi) is 5.86. The summed E-state index contributed by atoms with van der Waals surface area (Å²) in [6.45, 7) is 4.29. The molecule has 19 heavy (non-hydrogen) atoms. The first kappa shape index (κ1) is 15.0. The lowest BCUT2D eigenvalue weighted by molar-refractivity contribution is -0.0323. The summed E-state index contributed by atoms with van der Waals surface area (Å²) in [5, 5.41) is 0. The molecule has 2 atom stereocenters. The molecule has 2 nitrogen and oxygen atoms in total. The Morgan fingerprint density at radius 2 is 1.95 bits per heavy atom. The van der Waals surface area contributed by atoms with Gasteiger partial charge in [-0.25, -0.2) is 0 Å². The van der Waals surface area contributed by atoms with E-state index in [1.165, 1.54) is 48.3 Å². The zero-order chi connectivity index (χ0) is 13.7. The van der Waals surface area contributed by atoms with Crippen molar-refractivity contribution in [1.29, 1.82) is 0 Å². The summed E-state index contributed by atoms with van der Waals surface area (Å²) in [6.07, 6.45) is 9.22. The fourth-order valence-corrected chi connectivity index (χ4v) is 3.78. The molecule has 2 rings (SSSR count). The first-order valence-corrected chi connectivity index (χ1v) is 8.49. The maximum atomic E-state index is 6.41. The van der Waals surface area contributed by atoms with Crippen molar-refractivity contribution in [2.75, 3.05) is 0 Å². The summed E-state index contributed by atoms with van der Waals surface area (Å²) in [5.74, 6) is 0. The van der Waals surface area contributed by atoms with Crippen LogP contribution in [0.4, 0.5) is 0 Å². The monoisotopic (exact) mass is 281 g/mol. The summed E-state index contributed by atoms with van der Waals surface area (Å²) < 4.78 is 6.41. The van der Waals surface area contributed by atoms with E-state index >= 15 is 0 Å². The molecule has 1 aromatic rings. The van der Waals surface area contributed by atoms with Gasteiger partial charge in [0.2, 0.25) is 0 Å². The summed E-state index contributed by atoms with van der Waals surface area (Å²) in [4.78, 5) is 2.64. The van der Waals surface area contributed by atoms with Crippen LogP contribution in [0.2, 0.25) is 0 Å². The van der Waals surface area contributed by atoms with Crippen LogP contribution in [0.3, 0.4) is 0 Å². The second-order valence-electron chi connectivity index (χ2n) is 5.69. The summed E-state index contributed by atoms with van der Waals surface area (Å²) >= 11 is 1.83. The quantitative estimate of drug-likeness (QED) is 0.802. The Hall–Kier alpha value is -0.380. The van der Waals surface area contributed by atoms with E-state index in [9.17, 15) is 0 Å². The van der Waals surface area contributed by atoms with Crippen LogP contribution in [-0.2, 0) is 4.74 Å². The first-order chi connectivity index (χ1) is 9.20.